The number of guanidine groups is 1. The number of amides is 2. The van der Waals surface area contributed by atoms with Crippen LogP contribution in [-0.4, -0.2) is 36.8 Å². The van der Waals surface area contributed by atoms with Crippen LogP contribution in [-0.2, 0) is 11.3 Å². The highest BCUT2D eigenvalue weighted by Crippen LogP contribution is 2.34. The predicted octanol–water partition coefficient (Wildman–Crippen LogP) is 0.565. The number of nitrogens with one attached hydrogen (secondary N) is 2. The first kappa shape index (κ1) is 20.0. The fourth-order valence-electron chi connectivity index (χ4n) is 1.81. The molecule has 0 saturated carbocycles. The van der Waals surface area contributed by atoms with Gasteiger partial charge in [0.25, 0.3) is 11.3 Å². The number of carbonyl (C=O) groups is 2. The summed E-state index contributed by atoms with van der Waals surface area (Å²) in [5.41, 5.74) is 12.2. The van der Waals surface area contributed by atoms with E-state index >= 15 is 0 Å². The van der Waals surface area contributed by atoms with Crippen LogP contribution in [0.3, 0.4) is 0 Å². The molecule has 0 saturated heterocycles. The average Bonchev–Trinajstić information content (AvgIpc) is 3.04. The number of carboxylic acids is 1. The Balaban J connectivity index is 2.32. The lowest BCUT2D eigenvalue weighted by Gasteiger charge is -2.19. The van der Waals surface area contributed by atoms with E-state index in [1.54, 1.807) is 0 Å². The maximum Gasteiger partial charge on any atom is 0.357 e. The van der Waals surface area contributed by atoms with E-state index in [1.807, 2.05) is 5.43 Å². The lowest BCUT2D eigenvalue weighted by atomic mass is 10.2. The van der Waals surface area contributed by atoms with Crippen molar-refractivity contribution < 1.29 is 27.8 Å². The van der Waals surface area contributed by atoms with Crippen molar-refractivity contribution in [1.29, 1.82) is 0 Å². The van der Waals surface area contributed by atoms with Crippen molar-refractivity contribution in [3.05, 3.63) is 35.2 Å². The molecule has 0 radical (unpaired) electrons. The number of nitrogens with two attached hydrogens (primary N) is 2. The molecule has 0 aliphatic carbocycles. The summed E-state index contributed by atoms with van der Waals surface area (Å²) in [6.45, 7) is 0. The van der Waals surface area contributed by atoms with E-state index < -0.39 is 40.7 Å². The summed E-state index contributed by atoms with van der Waals surface area (Å²) < 4.78 is 36.1. The van der Waals surface area contributed by atoms with Crippen LogP contribution in [0.2, 0.25) is 0 Å². The second kappa shape index (κ2) is 8.39. The molecule has 2 rings (SSSR count). The zero-order valence-electron chi connectivity index (χ0n) is 13.1. The SMILES string of the molecule is NC(N)=NNC(=O)Nc1ccc(N(c2scnc2C(=O)O)S(=O)O)cc1F. The molecule has 0 spiro atoms. The monoisotopic (exact) mass is 417 g/mol. The maximum absolute atomic E-state index is 14.3. The molecule has 0 aliphatic heterocycles. The number of urea groups is 1. The van der Waals surface area contributed by atoms with E-state index in [4.69, 9.17) is 16.6 Å². The van der Waals surface area contributed by atoms with Crippen molar-refractivity contribution in [1.82, 2.24) is 10.4 Å². The van der Waals surface area contributed by atoms with E-state index in [9.17, 15) is 22.7 Å². The lowest BCUT2D eigenvalue weighted by Crippen LogP contribution is -2.31. The third-order valence-electron chi connectivity index (χ3n) is 2.81. The Bertz CT molecular complexity index is 931. The molecule has 1 aromatic carbocycles. The first-order valence-corrected chi connectivity index (χ1v) is 8.68. The fraction of sp³-hybridized carbons (Fsp3) is 0. The van der Waals surface area contributed by atoms with Gasteiger partial charge in [0, 0.05) is 6.07 Å². The van der Waals surface area contributed by atoms with Crippen molar-refractivity contribution in [3.63, 3.8) is 0 Å². The zero-order valence-corrected chi connectivity index (χ0v) is 14.8. The molecule has 1 aromatic heterocycles. The number of rotatable bonds is 6. The summed E-state index contributed by atoms with van der Waals surface area (Å²) in [5, 5.41) is 14.3. The van der Waals surface area contributed by atoms with Crippen LogP contribution < -0.4 is 26.5 Å². The topological polar surface area (TPSA) is 196 Å². The molecule has 0 aliphatic rings. The molecular formula is C12H12FN7O5S2. The van der Waals surface area contributed by atoms with Gasteiger partial charge in [-0.15, -0.1) is 16.4 Å². The molecule has 15 heteroatoms. The summed E-state index contributed by atoms with van der Waals surface area (Å²) >= 11 is -1.94. The third-order valence-corrected chi connectivity index (χ3v) is 4.45. The van der Waals surface area contributed by atoms with E-state index in [1.165, 1.54) is 11.6 Å². The summed E-state index contributed by atoms with van der Waals surface area (Å²) in [6.07, 6.45) is 0. The quantitative estimate of drug-likeness (QED) is 0.170. The second-order valence-electron chi connectivity index (χ2n) is 4.60. The number of anilines is 3. The minimum Gasteiger partial charge on any atom is -0.476 e. The fourth-order valence-corrected chi connectivity index (χ4v) is 3.36. The van der Waals surface area contributed by atoms with Crippen molar-refractivity contribution >= 4 is 56.9 Å². The van der Waals surface area contributed by atoms with Crippen LogP contribution in [0.4, 0.5) is 25.6 Å². The number of thiazole rings is 1. The molecular weight excluding hydrogens is 405 g/mol. The molecule has 0 bridgehead atoms. The van der Waals surface area contributed by atoms with E-state index in [2.05, 4.69) is 15.4 Å². The molecule has 8 N–H and O–H groups in total. The minimum absolute atomic E-state index is 0.143. The largest absolute Gasteiger partial charge is 0.476 e. The molecule has 1 unspecified atom stereocenters. The molecule has 2 amide bonds. The van der Waals surface area contributed by atoms with Crippen LogP contribution in [0, 0.1) is 5.82 Å². The number of hydrogen-bond acceptors (Lipinski definition) is 6. The molecule has 144 valence electrons. The third kappa shape index (κ3) is 4.87. The van der Waals surface area contributed by atoms with Gasteiger partial charge in [-0.2, -0.15) is 0 Å². The molecule has 2 aromatic rings. The first-order chi connectivity index (χ1) is 12.7. The zero-order chi connectivity index (χ0) is 20.1. The van der Waals surface area contributed by atoms with Gasteiger partial charge < -0.3 is 21.9 Å². The van der Waals surface area contributed by atoms with Gasteiger partial charge in [-0.1, -0.05) is 0 Å². The van der Waals surface area contributed by atoms with Gasteiger partial charge in [0.2, 0.25) is 5.96 Å². The van der Waals surface area contributed by atoms with E-state index in [0.29, 0.717) is 4.31 Å². The molecule has 27 heavy (non-hydrogen) atoms. The number of benzene rings is 1. The normalized spacial score (nSPS) is 11.3. The smallest absolute Gasteiger partial charge is 0.357 e. The second-order valence-corrected chi connectivity index (χ2v) is 6.26. The van der Waals surface area contributed by atoms with E-state index in [-0.39, 0.29) is 16.4 Å². The van der Waals surface area contributed by atoms with Crippen molar-refractivity contribution in [2.24, 2.45) is 16.6 Å². The van der Waals surface area contributed by atoms with E-state index in [0.717, 1.165) is 23.5 Å². The molecule has 1 heterocycles. The number of aromatic nitrogens is 1. The van der Waals surface area contributed by atoms with Crippen LogP contribution >= 0.6 is 11.3 Å². The Labute approximate surface area is 157 Å². The minimum atomic E-state index is -2.72. The van der Waals surface area contributed by atoms with Gasteiger partial charge in [-0.25, -0.2) is 32.9 Å². The highest BCUT2D eigenvalue weighted by Gasteiger charge is 2.25. The van der Waals surface area contributed by atoms with Gasteiger partial charge >= 0.3 is 12.0 Å². The predicted molar refractivity (Wildman–Crippen MR) is 96.3 cm³/mol. The number of hydrogen-bond donors (Lipinski definition) is 6. The van der Waals surface area contributed by atoms with Crippen LogP contribution in [0.25, 0.3) is 0 Å². The Morgan fingerprint density at radius 2 is 2.07 bits per heavy atom. The lowest BCUT2D eigenvalue weighted by molar-refractivity contribution is 0.0692. The number of carboxylic acid groups (broad SMARTS) is 1. The highest BCUT2D eigenvalue weighted by atomic mass is 32.2. The van der Waals surface area contributed by atoms with Crippen LogP contribution in [0.5, 0.6) is 0 Å². The Kier molecular flexibility index (Phi) is 6.22. The Morgan fingerprint density at radius 1 is 1.37 bits per heavy atom. The van der Waals surface area contributed by atoms with Crippen molar-refractivity contribution in [2.45, 2.75) is 0 Å². The Hall–Kier alpha value is -3.30. The summed E-state index contributed by atoms with van der Waals surface area (Å²) in [7, 11) is 0. The van der Waals surface area contributed by atoms with Crippen LogP contribution in [0.1, 0.15) is 10.5 Å². The number of carbonyl (C=O) groups excluding carboxylic acids is 1. The summed E-state index contributed by atoms with van der Waals surface area (Å²) in [4.78, 5) is 26.3. The summed E-state index contributed by atoms with van der Waals surface area (Å²) in [6, 6.07) is 2.18. The van der Waals surface area contributed by atoms with Gasteiger partial charge in [-0.3, -0.25) is 4.55 Å². The number of nitrogens with zero attached hydrogens (tertiary/aromatic N) is 3. The summed E-state index contributed by atoms with van der Waals surface area (Å²) in [5.74, 6) is -2.80. The molecule has 12 nitrogen and oxygen atoms in total. The maximum atomic E-state index is 14.3. The number of aromatic carboxylic acids is 1. The number of halogens is 1. The van der Waals surface area contributed by atoms with Crippen molar-refractivity contribution in [2.75, 3.05) is 9.62 Å². The van der Waals surface area contributed by atoms with Gasteiger partial charge in [-0.05, 0) is 12.1 Å². The first-order valence-electron chi connectivity index (χ1n) is 6.73. The standard InChI is InChI=1S/C12H12FN7O5S2/c13-6-3-5(1-2-7(6)17-12(23)19-18-11(14)15)20(27(24)25)9-8(10(21)22)16-4-26-9/h1-4H,(H,21,22)(H,24,25)(H4,14,15,18)(H2,17,19,23). The van der Waals surface area contributed by atoms with Gasteiger partial charge in [0.1, 0.15) is 10.8 Å². The van der Waals surface area contributed by atoms with Gasteiger partial charge in [0.15, 0.2) is 5.69 Å². The Morgan fingerprint density at radius 3 is 2.63 bits per heavy atom. The van der Waals surface area contributed by atoms with Crippen LogP contribution in [0.15, 0.2) is 28.8 Å². The highest BCUT2D eigenvalue weighted by molar-refractivity contribution is 7.81. The molecule has 0 fully saturated rings. The van der Waals surface area contributed by atoms with Crippen molar-refractivity contribution in [3.8, 4) is 0 Å². The average molecular weight is 417 g/mol. The molecule has 1 atom stereocenters. The van der Waals surface area contributed by atoms with Gasteiger partial charge in [0.05, 0.1) is 16.9 Å². The number of hydrazone groups is 1.